The molecule has 0 aromatic carbocycles. The number of aromatic amines is 1. The van der Waals surface area contributed by atoms with Gasteiger partial charge < -0.3 is 10.7 Å². The zero-order valence-electron chi connectivity index (χ0n) is 8.97. The first-order valence-electron chi connectivity index (χ1n) is 4.80. The second-order valence-corrected chi connectivity index (χ2v) is 5.09. The van der Waals surface area contributed by atoms with Crippen LogP contribution in [0.2, 0.25) is 0 Å². The summed E-state index contributed by atoms with van der Waals surface area (Å²) in [7, 11) is -3.54. The van der Waals surface area contributed by atoms with Crippen LogP contribution in [0.15, 0.2) is 17.6 Å². The number of rotatable bonds is 6. The van der Waals surface area contributed by atoms with E-state index in [4.69, 9.17) is 11.1 Å². The van der Waals surface area contributed by atoms with E-state index in [1.165, 1.54) is 16.8 Å². The lowest BCUT2D eigenvalue weighted by Gasteiger charge is -2.18. The molecular formula is C8H15N5O2S. The van der Waals surface area contributed by atoms with E-state index in [-0.39, 0.29) is 23.8 Å². The Balaban J connectivity index is 2.84. The van der Waals surface area contributed by atoms with E-state index >= 15 is 0 Å². The number of nitrogens with one attached hydrogen (secondary N) is 2. The maximum atomic E-state index is 12.0. The molecule has 0 spiro atoms. The predicted octanol–water partition coefficient (Wildman–Crippen LogP) is -0.254. The molecular weight excluding hydrogens is 230 g/mol. The Morgan fingerprint density at radius 2 is 2.38 bits per heavy atom. The van der Waals surface area contributed by atoms with Crippen molar-refractivity contribution in [1.82, 2.24) is 14.3 Å². The number of H-pyrrole nitrogens is 1. The number of amidine groups is 1. The molecule has 8 heteroatoms. The highest BCUT2D eigenvalue weighted by Crippen LogP contribution is 2.11. The fraction of sp³-hybridized carbons (Fsp3) is 0.500. The number of imidazole rings is 1. The van der Waals surface area contributed by atoms with Gasteiger partial charge in [-0.3, -0.25) is 5.41 Å². The first kappa shape index (κ1) is 12.7. The van der Waals surface area contributed by atoms with Crippen LogP contribution in [0.25, 0.3) is 0 Å². The Kier molecular flexibility index (Phi) is 4.02. The minimum Gasteiger partial charge on any atom is -0.388 e. The van der Waals surface area contributed by atoms with Gasteiger partial charge in [0.05, 0.1) is 18.4 Å². The van der Waals surface area contributed by atoms with Crippen LogP contribution in [-0.2, 0) is 10.0 Å². The van der Waals surface area contributed by atoms with Gasteiger partial charge in [0, 0.05) is 19.5 Å². The molecule has 16 heavy (non-hydrogen) atoms. The largest absolute Gasteiger partial charge is 0.388 e. The number of sulfonamides is 1. The van der Waals surface area contributed by atoms with E-state index in [0.717, 1.165) is 0 Å². The smallest absolute Gasteiger partial charge is 0.260 e. The predicted molar refractivity (Wildman–Crippen MR) is 59.6 cm³/mol. The van der Waals surface area contributed by atoms with Crippen LogP contribution >= 0.6 is 0 Å². The van der Waals surface area contributed by atoms with Crippen molar-refractivity contribution >= 4 is 15.9 Å². The normalized spacial score (nSPS) is 11.9. The Morgan fingerprint density at radius 1 is 1.69 bits per heavy atom. The molecule has 0 bridgehead atoms. The first-order chi connectivity index (χ1) is 7.48. The number of hydrogen-bond donors (Lipinski definition) is 3. The molecule has 1 aromatic heterocycles. The fourth-order valence-electron chi connectivity index (χ4n) is 1.22. The summed E-state index contributed by atoms with van der Waals surface area (Å²) < 4.78 is 25.2. The molecule has 0 unspecified atom stereocenters. The molecule has 90 valence electrons. The third-order valence-corrected chi connectivity index (χ3v) is 3.97. The summed E-state index contributed by atoms with van der Waals surface area (Å²) in [6, 6.07) is 0. The van der Waals surface area contributed by atoms with Crippen molar-refractivity contribution in [3.8, 4) is 0 Å². The summed E-state index contributed by atoms with van der Waals surface area (Å²) >= 11 is 0. The standard InChI is InChI=1S/C8H15N5O2S/c1-2-13(4-3-7(9)10)16(14,15)8-5-11-6-12-8/h5-6H,2-4H2,1H3,(H3,9,10)(H,11,12). The Morgan fingerprint density at radius 3 is 2.81 bits per heavy atom. The fourth-order valence-corrected chi connectivity index (χ4v) is 2.56. The molecule has 0 fully saturated rings. The lowest BCUT2D eigenvalue weighted by Crippen LogP contribution is -2.34. The molecule has 0 amide bonds. The van der Waals surface area contributed by atoms with Crippen LogP contribution < -0.4 is 5.73 Å². The van der Waals surface area contributed by atoms with Crippen molar-refractivity contribution in [2.75, 3.05) is 13.1 Å². The summed E-state index contributed by atoms with van der Waals surface area (Å²) in [6.45, 7) is 2.26. The molecule has 1 aromatic rings. The van der Waals surface area contributed by atoms with E-state index in [0.29, 0.717) is 6.54 Å². The molecule has 1 heterocycles. The number of nitrogens with two attached hydrogens (primary N) is 1. The van der Waals surface area contributed by atoms with E-state index < -0.39 is 10.0 Å². The van der Waals surface area contributed by atoms with Crippen LogP contribution in [0.5, 0.6) is 0 Å². The lowest BCUT2D eigenvalue weighted by molar-refractivity contribution is 0.434. The van der Waals surface area contributed by atoms with Gasteiger partial charge in [-0.2, -0.15) is 4.31 Å². The first-order valence-corrected chi connectivity index (χ1v) is 6.24. The lowest BCUT2D eigenvalue weighted by atomic mass is 10.4. The maximum Gasteiger partial charge on any atom is 0.260 e. The Hall–Kier alpha value is -1.41. The van der Waals surface area contributed by atoms with Crippen LogP contribution in [0, 0.1) is 5.41 Å². The van der Waals surface area contributed by atoms with Crippen LogP contribution in [0.4, 0.5) is 0 Å². The minimum atomic E-state index is -3.54. The van der Waals surface area contributed by atoms with E-state index in [9.17, 15) is 8.42 Å². The Bertz CT molecular complexity index is 439. The average molecular weight is 245 g/mol. The van der Waals surface area contributed by atoms with E-state index in [2.05, 4.69) is 9.97 Å². The average Bonchev–Trinajstić information content (AvgIpc) is 2.70. The van der Waals surface area contributed by atoms with Gasteiger partial charge in [-0.1, -0.05) is 6.92 Å². The van der Waals surface area contributed by atoms with Gasteiger partial charge in [0.15, 0.2) is 5.03 Å². The number of nitrogens with zero attached hydrogens (tertiary/aromatic N) is 2. The third kappa shape index (κ3) is 2.80. The molecule has 0 atom stereocenters. The van der Waals surface area contributed by atoms with Gasteiger partial charge in [-0.15, -0.1) is 0 Å². The molecule has 4 N–H and O–H groups in total. The van der Waals surface area contributed by atoms with Gasteiger partial charge in [-0.05, 0) is 0 Å². The number of hydrogen-bond acceptors (Lipinski definition) is 4. The molecule has 0 saturated carbocycles. The second kappa shape index (κ2) is 5.08. The third-order valence-electron chi connectivity index (χ3n) is 2.07. The summed E-state index contributed by atoms with van der Waals surface area (Å²) in [6.07, 6.45) is 2.79. The summed E-state index contributed by atoms with van der Waals surface area (Å²) in [5.74, 6) is -0.0294. The van der Waals surface area contributed by atoms with Crippen LogP contribution in [0.1, 0.15) is 13.3 Å². The van der Waals surface area contributed by atoms with Crippen molar-refractivity contribution in [2.24, 2.45) is 5.73 Å². The quantitative estimate of drug-likeness (QED) is 0.473. The van der Waals surface area contributed by atoms with E-state index in [1.807, 2.05) is 0 Å². The van der Waals surface area contributed by atoms with Crippen molar-refractivity contribution < 1.29 is 8.42 Å². The molecule has 0 saturated heterocycles. The Labute approximate surface area is 94.2 Å². The monoisotopic (exact) mass is 245 g/mol. The zero-order valence-corrected chi connectivity index (χ0v) is 9.79. The van der Waals surface area contributed by atoms with Crippen molar-refractivity contribution in [1.29, 1.82) is 5.41 Å². The highest BCUT2D eigenvalue weighted by molar-refractivity contribution is 7.89. The maximum absolute atomic E-state index is 12.0. The van der Waals surface area contributed by atoms with Crippen molar-refractivity contribution in [2.45, 2.75) is 18.4 Å². The summed E-state index contributed by atoms with van der Waals surface area (Å²) in [5, 5.41) is 7.13. The zero-order chi connectivity index (χ0) is 12.2. The number of aromatic nitrogens is 2. The van der Waals surface area contributed by atoms with Gasteiger partial charge in [0.2, 0.25) is 0 Å². The highest BCUT2D eigenvalue weighted by Gasteiger charge is 2.23. The molecule has 7 nitrogen and oxygen atoms in total. The molecule has 1 rings (SSSR count). The second-order valence-electron chi connectivity index (χ2n) is 3.19. The van der Waals surface area contributed by atoms with Crippen LogP contribution in [-0.4, -0.2) is 41.6 Å². The molecule has 0 radical (unpaired) electrons. The van der Waals surface area contributed by atoms with E-state index in [1.54, 1.807) is 6.92 Å². The van der Waals surface area contributed by atoms with Gasteiger partial charge in [0.25, 0.3) is 10.0 Å². The van der Waals surface area contributed by atoms with Gasteiger partial charge in [-0.25, -0.2) is 13.4 Å². The topological polar surface area (TPSA) is 116 Å². The molecule has 0 aliphatic rings. The van der Waals surface area contributed by atoms with Gasteiger partial charge in [0.1, 0.15) is 0 Å². The van der Waals surface area contributed by atoms with Crippen LogP contribution in [0.3, 0.4) is 0 Å². The summed E-state index contributed by atoms with van der Waals surface area (Å²) in [5.41, 5.74) is 5.20. The molecule has 0 aliphatic heterocycles. The van der Waals surface area contributed by atoms with Crippen molar-refractivity contribution in [3.63, 3.8) is 0 Å². The summed E-state index contributed by atoms with van der Waals surface area (Å²) in [4.78, 5) is 6.23. The SMILES string of the molecule is CCN(CCC(=N)N)S(=O)(=O)c1cnc[nH]1. The van der Waals surface area contributed by atoms with Gasteiger partial charge >= 0.3 is 0 Å². The minimum absolute atomic E-state index is 0.0294. The van der Waals surface area contributed by atoms with Crippen molar-refractivity contribution in [3.05, 3.63) is 12.5 Å². The molecule has 0 aliphatic carbocycles. The highest BCUT2D eigenvalue weighted by atomic mass is 32.2.